The molecule has 0 saturated carbocycles. The summed E-state index contributed by atoms with van der Waals surface area (Å²) >= 11 is 5.95. The van der Waals surface area contributed by atoms with Crippen LogP contribution in [0, 0.1) is 0 Å². The molecule has 1 unspecified atom stereocenters. The maximum atomic E-state index is 10.9. The second-order valence-electron chi connectivity index (χ2n) is 3.64. The molecule has 0 aliphatic heterocycles. The summed E-state index contributed by atoms with van der Waals surface area (Å²) < 4.78 is 0. The van der Waals surface area contributed by atoms with Gasteiger partial charge in [-0.15, -0.1) is 0 Å². The first-order valence-corrected chi connectivity index (χ1v) is 5.24. The Labute approximate surface area is 97.7 Å². The zero-order chi connectivity index (χ0) is 11.7. The third-order valence-electron chi connectivity index (χ3n) is 2.61. The van der Waals surface area contributed by atoms with Gasteiger partial charge in [0.15, 0.2) is 0 Å². The summed E-state index contributed by atoms with van der Waals surface area (Å²) in [4.78, 5) is 14.8. The van der Waals surface area contributed by atoms with Crippen LogP contribution in [0.4, 0.5) is 0 Å². The summed E-state index contributed by atoms with van der Waals surface area (Å²) in [5, 5.41) is 11.1. The van der Waals surface area contributed by atoms with E-state index in [1.807, 2.05) is 12.1 Å². The molecule has 1 atom stereocenters. The van der Waals surface area contributed by atoms with Crippen molar-refractivity contribution in [2.75, 3.05) is 0 Å². The van der Waals surface area contributed by atoms with E-state index in [2.05, 4.69) is 4.98 Å². The van der Waals surface area contributed by atoms with Crippen LogP contribution < -0.4 is 0 Å². The van der Waals surface area contributed by atoms with Crippen molar-refractivity contribution in [1.29, 1.82) is 0 Å². The number of nitrogens with zero attached hydrogens (tertiary/aromatic N) is 1. The predicted molar refractivity (Wildman–Crippen MR) is 62.8 cm³/mol. The Morgan fingerprint density at radius 1 is 1.44 bits per heavy atom. The van der Waals surface area contributed by atoms with Gasteiger partial charge in [0.1, 0.15) is 5.15 Å². The van der Waals surface area contributed by atoms with Crippen molar-refractivity contribution in [1.82, 2.24) is 4.98 Å². The molecular weight excluding hydrogens is 226 g/mol. The van der Waals surface area contributed by atoms with Crippen molar-refractivity contribution in [2.45, 2.75) is 12.8 Å². The van der Waals surface area contributed by atoms with E-state index in [1.165, 1.54) is 0 Å². The Morgan fingerprint density at radius 2 is 2.19 bits per heavy atom. The third kappa shape index (κ3) is 1.86. The number of halogens is 1. The summed E-state index contributed by atoms with van der Waals surface area (Å²) in [6.45, 7) is 1.65. The zero-order valence-corrected chi connectivity index (χ0v) is 9.40. The quantitative estimate of drug-likeness (QED) is 0.814. The first-order chi connectivity index (χ1) is 7.59. The van der Waals surface area contributed by atoms with Crippen molar-refractivity contribution in [2.24, 2.45) is 0 Å². The SMILES string of the molecule is CC(C(=O)O)c1ccc2ccnc(Cl)c2c1. The van der Waals surface area contributed by atoms with Crippen LogP contribution in [-0.2, 0) is 4.79 Å². The molecule has 1 heterocycles. The van der Waals surface area contributed by atoms with Crippen LogP contribution in [0.2, 0.25) is 5.15 Å². The van der Waals surface area contributed by atoms with Crippen LogP contribution >= 0.6 is 11.6 Å². The molecule has 3 nitrogen and oxygen atoms in total. The standard InChI is InChI=1S/C12H10ClNO2/c1-7(12(15)16)9-3-2-8-4-5-14-11(13)10(8)6-9/h2-7H,1H3,(H,15,16). The van der Waals surface area contributed by atoms with Gasteiger partial charge in [-0.3, -0.25) is 4.79 Å². The van der Waals surface area contributed by atoms with E-state index < -0.39 is 11.9 Å². The number of carboxylic acid groups (broad SMARTS) is 1. The first-order valence-electron chi connectivity index (χ1n) is 4.86. The van der Waals surface area contributed by atoms with Crippen LogP contribution in [0.1, 0.15) is 18.4 Å². The number of fused-ring (bicyclic) bond motifs is 1. The number of carbonyl (C=O) groups is 1. The van der Waals surface area contributed by atoms with Gasteiger partial charge >= 0.3 is 5.97 Å². The maximum absolute atomic E-state index is 10.9. The van der Waals surface area contributed by atoms with Gasteiger partial charge < -0.3 is 5.11 Å². The van der Waals surface area contributed by atoms with Gasteiger partial charge in [0.2, 0.25) is 0 Å². The highest BCUT2D eigenvalue weighted by molar-refractivity contribution is 6.34. The molecule has 0 bridgehead atoms. The smallest absolute Gasteiger partial charge is 0.310 e. The number of hydrogen-bond acceptors (Lipinski definition) is 2. The number of aliphatic carboxylic acids is 1. The van der Waals surface area contributed by atoms with Gasteiger partial charge in [0.05, 0.1) is 5.92 Å². The van der Waals surface area contributed by atoms with Crippen molar-refractivity contribution in [3.8, 4) is 0 Å². The van der Waals surface area contributed by atoms with E-state index >= 15 is 0 Å². The lowest BCUT2D eigenvalue weighted by atomic mass is 9.99. The van der Waals surface area contributed by atoms with E-state index in [0.29, 0.717) is 5.15 Å². The molecule has 1 aromatic heterocycles. The summed E-state index contributed by atoms with van der Waals surface area (Å²) in [6, 6.07) is 7.29. The number of hydrogen-bond donors (Lipinski definition) is 1. The fourth-order valence-corrected chi connectivity index (χ4v) is 1.78. The van der Waals surface area contributed by atoms with E-state index in [-0.39, 0.29) is 0 Å². The van der Waals surface area contributed by atoms with E-state index in [0.717, 1.165) is 16.3 Å². The number of aromatic nitrogens is 1. The fraction of sp³-hybridized carbons (Fsp3) is 0.167. The first kappa shape index (κ1) is 10.9. The molecule has 0 spiro atoms. The molecule has 2 rings (SSSR count). The second kappa shape index (κ2) is 4.10. The van der Waals surface area contributed by atoms with Crippen LogP contribution in [0.5, 0.6) is 0 Å². The number of benzene rings is 1. The van der Waals surface area contributed by atoms with E-state index in [4.69, 9.17) is 16.7 Å². The van der Waals surface area contributed by atoms with Gasteiger partial charge in [0.25, 0.3) is 0 Å². The number of carboxylic acids is 1. The lowest BCUT2D eigenvalue weighted by Gasteiger charge is -2.08. The van der Waals surface area contributed by atoms with Gasteiger partial charge in [0, 0.05) is 11.6 Å². The predicted octanol–water partition coefficient (Wildman–Crippen LogP) is 3.08. The fourth-order valence-electron chi connectivity index (χ4n) is 1.56. The molecule has 16 heavy (non-hydrogen) atoms. The van der Waals surface area contributed by atoms with E-state index in [1.54, 1.807) is 25.3 Å². The Morgan fingerprint density at radius 3 is 2.88 bits per heavy atom. The molecule has 4 heteroatoms. The van der Waals surface area contributed by atoms with Crippen LogP contribution in [0.15, 0.2) is 30.5 Å². The van der Waals surface area contributed by atoms with Crippen LogP contribution in [-0.4, -0.2) is 16.1 Å². The van der Waals surface area contributed by atoms with E-state index in [9.17, 15) is 4.79 Å². The van der Waals surface area contributed by atoms with Gasteiger partial charge in [-0.2, -0.15) is 0 Å². The van der Waals surface area contributed by atoms with Crippen molar-refractivity contribution >= 4 is 28.3 Å². The molecule has 1 aromatic carbocycles. The maximum Gasteiger partial charge on any atom is 0.310 e. The lowest BCUT2D eigenvalue weighted by Crippen LogP contribution is -2.07. The molecule has 2 aromatic rings. The molecule has 0 aliphatic carbocycles. The number of pyridine rings is 1. The summed E-state index contributed by atoms with van der Waals surface area (Å²) in [5.41, 5.74) is 0.731. The van der Waals surface area contributed by atoms with Gasteiger partial charge in [-0.25, -0.2) is 4.98 Å². The van der Waals surface area contributed by atoms with Crippen molar-refractivity contribution < 1.29 is 9.90 Å². The molecule has 0 saturated heterocycles. The molecule has 0 radical (unpaired) electrons. The molecular formula is C12H10ClNO2. The lowest BCUT2D eigenvalue weighted by molar-refractivity contribution is -0.138. The molecule has 82 valence electrons. The third-order valence-corrected chi connectivity index (χ3v) is 2.91. The summed E-state index contributed by atoms with van der Waals surface area (Å²) in [5.74, 6) is -1.39. The minimum absolute atomic E-state index is 0.400. The van der Waals surface area contributed by atoms with Gasteiger partial charge in [-0.1, -0.05) is 23.7 Å². The minimum atomic E-state index is -0.848. The minimum Gasteiger partial charge on any atom is -0.481 e. The molecule has 0 aliphatic rings. The largest absolute Gasteiger partial charge is 0.481 e. The normalized spacial score (nSPS) is 12.6. The second-order valence-corrected chi connectivity index (χ2v) is 4.00. The van der Waals surface area contributed by atoms with Crippen molar-refractivity contribution in [3.05, 3.63) is 41.2 Å². The Bertz CT molecular complexity index is 554. The molecule has 0 amide bonds. The highest BCUT2D eigenvalue weighted by Gasteiger charge is 2.14. The molecule has 0 fully saturated rings. The van der Waals surface area contributed by atoms with Crippen LogP contribution in [0.3, 0.4) is 0 Å². The Balaban J connectivity index is 2.59. The average Bonchev–Trinajstić information content (AvgIpc) is 2.28. The van der Waals surface area contributed by atoms with Crippen molar-refractivity contribution in [3.63, 3.8) is 0 Å². The highest BCUT2D eigenvalue weighted by Crippen LogP contribution is 2.25. The highest BCUT2D eigenvalue weighted by atomic mass is 35.5. The Hall–Kier alpha value is -1.61. The number of rotatable bonds is 2. The van der Waals surface area contributed by atoms with Gasteiger partial charge in [-0.05, 0) is 30.0 Å². The Kier molecular flexibility index (Phi) is 2.79. The topological polar surface area (TPSA) is 50.2 Å². The molecule has 1 N–H and O–H groups in total. The zero-order valence-electron chi connectivity index (χ0n) is 8.64. The monoisotopic (exact) mass is 235 g/mol. The summed E-state index contributed by atoms with van der Waals surface area (Å²) in [6.07, 6.45) is 1.63. The van der Waals surface area contributed by atoms with Crippen LogP contribution in [0.25, 0.3) is 10.8 Å². The summed E-state index contributed by atoms with van der Waals surface area (Å²) in [7, 11) is 0. The average molecular weight is 236 g/mol.